The van der Waals surface area contributed by atoms with Crippen LogP contribution in [0.15, 0.2) is 60.0 Å². The van der Waals surface area contributed by atoms with Crippen LogP contribution in [-0.2, 0) is 39.1 Å². The van der Waals surface area contributed by atoms with E-state index < -0.39 is 49.8 Å². The van der Waals surface area contributed by atoms with Crippen molar-refractivity contribution in [2.24, 2.45) is 17.8 Å². The molecule has 2 aromatic rings. The third-order valence-electron chi connectivity index (χ3n) is 12.6. The van der Waals surface area contributed by atoms with Gasteiger partial charge in [-0.3, -0.25) is 14.5 Å². The van der Waals surface area contributed by atoms with Gasteiger partial charge in [0.1, 0.15) is 16.9 Å². The quantitative estimate of drug-likeness (QED) is 0.225. The summed E-state index contributed by atoms with van der Waals surface area (Å²) in [6.07, 6.45) is 4.39. The summed E-state index contributed by atoms with van der Waals surface area (Å²) in [5.41, 5.74) is -1.56. The summed E-state index contributed by atoms with van der Waals surface area (Å²) >= 11 is 0. The molecule has 57 heavy (non-hydrogen) atoms. The van der Waals surface area contributed by atoms with E-state index in [0.29, 0.717) is 25.9 Å². The van der Waals surface area contributed by atoms with Gasteiger partial charge in [-0.05, 0) is 98.5 Å². The number of anilines is 1. The summed E-state index contributed by atoms with van der Waals surface area (Å²) in [7, 11) is -1.43. The molecule has 3 heterocycles. The molecule has 3 aliphatic heterocycles. The lowest BCUT2D eigenvalue weighted by atomic mass is 9.57. The Morgan fingerprint density at radius 3 is 2.46 bits per heavy atom. The molecule has 4 aliphatic rings. The van der Waals surface area contributed by atoms with Crippen LogP contribution in [0.3, 0.4) is 0 Å². The summed E-state index contributed by atoms with van der Waals surface area (Å²) in [5, 5.41) is 1.82. The van der Waals surface area contributed by atoms with Crippen LogP contribution in [0.25, 0.3) is 0 Å². The molecule has 0 unspecified atom stereocenters. The van der Waals surface area contributed by atoms with Gasteiger partial charge in [0.05, 0.1) is 51.1 Å². The van der Waals surface area contributed by atoms with Gasteiger partial charge in [-0.1, -0.05) is 25.1 Å². The molecule has 2 aromatic carbocycles. The second-order valence-corrected chi connectivity index (χ2v) is 18.1. The van der Waals surface area contributed by atoms with E-state index in [1.807, 2.05) is 11.0 Å². The SMILES string of the molecule is C=CC(=O)N1CCOC[C@@H](S(=O)(=O)c2ccc(N3CC(F)(CN4CCC([C@@](CNC(=O)OC)(c5cccc(F)c5)[C@H]5CCC[C@@H]5CC(=O)OC)CC4)C3)c(F)c2)C1. The highest BCUT2D eigenvalue weighted by Crippen LogP contribution is 2.53. The van der Waals surface area contributed by atoms with E-state index >= 15 is 8.78 Å². The number of sulfone groups is 1. The first-order chi connectivity index (χ1) is 27.2. The Morgan fingerprint density at radius 1 is 1.04 bits per heavy atom. The van der Waals surface area contributed by atoms with Crippen molar-refractivity contribution in [2.75, 3.05) is 84.7 Å². The highest BCUT2D eigenvalue weighted by molar-refractivity contribution is 7.92. The number of amides is 2. The van der Waals surface area contributed by atoms with Crippen LogP contribution in [0.1, 0.15) is 44.1 Å². The average Bonchev–Trinajstić information content (AvgIpc) is 3.49. The fourth-order valence-electron chi connectivity index (χ4n) is 9.78. The Hall–Kier alpha value is -4.15. The van der Waals surface area contributed by atoms with Gasteiger partial charge in [-0.25, -0.2) is 26.4 Å². The maximum Gasteiger partial charge on any atom is 0.406 e. The van der Waals surface area contributed by atoms with E-state index in [2.05, 4.69) is 11.9 Å². The van der Waals surface area contributed by atoms with Crippen molar-refractivity contribution in [1.29, 1.82) is 0 Å². The van der Waals surface area contributed by atoms with Crippen LogP contribution in [0, 0.1) is 29.4 Å². The second-order valence-electron chi connectivity index (χ2n) is 15.9. The summed E-state index contributed by atoms with van der Waals surface area (Å²) < 4.78 is 89.2. The van der Waals surface area contributed by atoms with Gasteiger partial charge in [-0.2, -0.15) is 0 Å². The number of hydrogen-bond acceptors (Lipinski definition) is 10. The Kier molecular flexibility index (Phi) is 13.2. The second kappa shape index (κ2) is 17.8. The molecule has 0 spiro atoms. The lowest BCUT2D eigenvalue weighted by Gasteiger charge is -2.52. The maximum atomic E-state index is 16.3. The molecule has 4 atom stereocenters. The Balaban J connectivity index is 1.13. The Morgan fingerprint density at radius 2 is 1.79 bits per heavy atom. The maximum absolute atomic E-state index is 16.3. The standard InChI is InChI=1S/C41H53F3N4O8S/c1-4-37(49)47-17-18-56-23-33(22-47)57(52,53)32-11-12-36(35(43)21-32)48-26-40(44,27-48)25-46-15-13-29(14-16-46)41(24-45-39(51)55-3,30-8-6-9-31(42)20-30)34-10-5-7-28(34)19-38(50)54-2/h4,6,8-9,11-12,20-21,28-29,33-34H,1,5,7,10,13-19,22-27H2,2-3H3,(H,45,51)/t28-,33+,34+,41+/m1/s1. The average molecular weight is 819 g/mol. The minimum Gasteiger partial charge on any atom is -0.469 e. The van der Waals surface area contributed by atoms with Gasteiger partial charge in [-0.15, -0.1) is 0 Å². The predicted molar refractivity (Wildman–Crippen MR) is 206 cm³/mol. The molecule has 16 heteroatoms. The summed E-state index contributed by atoms with van der Waals surface area (Å²) in [5.74, 6) is -2.11. The number of likely N-dealkylation sites (tertiary alicyclic amines) is 1. The topological polar surface area (TPSA) is 135 Å². The number of hydrogen-bond donors (Lipinski definition) is 1. The normalized spacial score (nSPS) is 24.1. The number of alkyl carbamates (subject to hydrolysis) is 1. The van der Waals surface area contributed by atoms with Crippen molar-refractivity contribution in [3.05, 3.63) is 72.3 Å². The summed E-state index contributed by atoms with van der Waals surface area (Å²) in [6.45, 7) is 4.75. The van der Waals surface area contributed by atoms with Gasteiger partial charge >= 0.3 is 12.1 Å². The predicted octanol–water partition coefficient (Wildman–Crippen LogP) is 4.67. The third kappa shape index (κ3) is 9.12. The lowest BCUT2D eigenvalue weighted by Crippen LogP contribution is -2.65. The minimum atomic E-state index is -4.07. The van der Waals surface area contributed by atoms with Crippen LogP contribution in [0.4, 0.5) is 23.7 Å². The lowest BCUT2D eigenvalue weighted by molar-refractivity contribution is -0.142. The van der Waals surface area contributed by atoms with Gasteiger partial charge in [0.2, 0.25) is 5.91 Å². The minimum absolute atomic E-state index is 0.0490. The largest absolute Gasteiger partial charge is 0.469 e. The molecule has 312 valence electrons. The fraction of sp³-hybridized carbons (Fsp3) is 0.585. The van der Waals surface area contributed by atoms with E-state index in [9.17, 15) is 27.2 Å². The van der Waals surface area contributed by atoms with Gasteiger partial charge in [0.25, 0.3) is 0 Å². The number of alkyl halides is 1. The Bertz CT molecular complexity index is 1910. The van der Waals surface area contributed by atoms with Crippen molar-refractivity contribution in [3.63, 3.8) is 0 Å². The molecule has 4 fully saturated rings. The number of methoxy groups -OCH3 is 2. The van der Waals surface area contributed by atoms with Crippen LogP contribution in [0.2, 0.25) is 0 Å². The fourth-order valence-corrected chi connectivity index (χ4v) is 11.3. The number of ether oxygens (including phenoxy) is 3. The van der Waals surface area contributed by atoms with Crippen LogP contribution >= 0.6 is 0 Å². The molecule has 0 bridgehead atoms. The van der Waals surface area contributed by atoms with Gasteiger partial charge in [0.15, 0.2) is 15.5 Å². The molecule has 0 aromatic heterocycles. The van der Waals surface area contributed by atoms with E-state index in [0.717, 1.165) is 37.0 Å². The van der Waals surface area contributed by atoms with Gasteiger partial charge < -0.3 is 29.3 Å². The molecule has 2 amide bonds. The van der Waals surface area contributed by atoms with Crippen molar-refractivity contribution < 1.29 is 50.2 Å². The van der Waals surface area contributed by atoms with Gasteiger partial charge in [0, 0.05) is 38.0 Å². The highest BCUT2D eigenvalue weighted by Gasteiger charge is 2.53. The van der Waals surface area contributed by atoms with E-state index in [1.54, 1.807) is 11.0 Å². The summed E-state index contributed by atoms with van der Waals surface area (Å²) in [4.78, 5) is 42.0. The molecule has 6 rings (SSSR count). The Labute approximate surface area is 332 Å². The third-order valence-corrected chi connectivity index (χ3v) is 14.6. The number of piperidine rings is 1. The van der Waals surface area contributed by atoms with E-state index in [1.165, 1.54) is 43.4 Å². The number of esters is 1. The van der Waals surface area contributed by atoms with Crippen molar-refractivity contribution in [1.82, 2.24) is 15.1 Å². The van der Waals surface area contributed by atoms with Crippen molar-refractivity contribution >= 4 is 33.5 Å². The molecule has 0 radical (unpaired) electrons. The zero-order chi connectivity index (χ0) is 41.0. The zero-order valence-corrected chi connectivity index (χ0v) is 33.4. The molecule has 1 N–H and O–H groups in total. The van der Waals surface area contributed by atoms with Crippen molar-refractivity contribution in [2.45, 2.75) is 59.8 Å². The molecule has 1 saturated carbocycles. The monoisotopic (exact) mass is 818 g/mol. The number of nitrogens with one attached hydrogen (secondary N) is 1. The number of halogens is 3. The number of carbonyl (C=O) groups is 3. The van der Waals surface area contributed by atoms with Crippen molar-refractivity contribution in [3.8, 4) is 0 Å². The molecule has 1 aliphatic carbocycles. The number of rotatable bonds is 13. The van der Waals surface area contributed by atoms with Crippen LogP contribution in [0.5, 0.6) is 0 Å². The first-order valence-corrected chi connectivity index (χ1v) is 21.1. The molecular formula is C41H53F3N4O8S. The molecule has 12 nitrogen and oxygen atoms in total. The first kappa shape index (κ1) is 42.5. The van der Waals surface area contributed by atoms with Crippen LogP contribution in [-0.4, -0.2) is 127 Å². The number of carbonyl (C=O) groups excluding carboxylic acids is 3. The van der Waals surface area contributed by atoms with Crippen LogP contribution < -0.4 is 10.2 Å². The zero-order valence-electron chi connectivity index (χ0n) is 32.6. The highest BCUT2D eigenvalue weighted by atomic mass is 32.2. The smallest absolute Gasteiger partial charge is 0.406 e. The number of nitrogens with zero attached hydrogens (tertiary/aromatic N) is 3. The number of benzene rings is 2. The summed E-state index contributed by atoms with van der Waals surface area (Å²) in [6, 6.07) is 10.0. The van der Waals surface area contributed by atoms with E-state index in [-0.39, 0.29) is 93.2 Å². The van der Waals surface area contributed by atoms with E-state index in [4.69, 9.17) is 14.2 Å². The first-order valence-electron chi connectivity index (χ1n) is 19.6. The molecular weight excluding hydrogens is 766 g/mol. The molecule has 3 saturated heterocycles.